The Balaban J connectivity index is 0.00000210. The van der Waals surface area contributed by atoms with Gasteiger partial charge >= 0.3 is 0 Å². The van der Waals surface area contributed by atoms with Gasteiger partial charge in [-0.2, -0.15) is 0 Å². The van der Waals surface area contributed by atoms with Gasteiger partial charge in [0.2, 0.25) is 0 Å². The Morgan fingerprint density at radius 1 is 1.17 bits per heavy atom. The molecule has 0 spiro atoms. The number of aliphatic hydroxyl groups excluding tert-OH is 1. The molecule has 0 bridgehead atoms. The first-order chi connectivity index (χ1) is 13.2. The topological polar surface area (TPSA) is 63.6 Å². The monoisotopic (exact) mass is 442 g/mol. The number of aryl methyl sites for hydroxylation is 1. The number of aromatic nitrogens is 1. The third kappa shape index (κ3) is 6.83. The van der Waals surface area contributed by atoms with Gasteiger partial charge in [0.05, 0.1) is 30.2 Å². The maximum atomic E-state index is 10.3. The summed E-state index contributed by atoms with van der Waals surface area (Å²) in [4.78, 5) is 4.79. The minimum absolute atomic E-state index is 0. The first-order valence-electron chi connectivity index (χ1n) is 9.90. The molecule has 162 valence electrons. The number of nitrogens with one attached hydrogen (secondary N) is 1. The Kier molecular flexibility index (Phi) is 11.5. The van der Waals surface area contributed by atoms with Crippen LogP contribution in [0.4, 0.5) is 0 Å². The summed E-state index contributed by atoms with van der Waals surface area (Å²) in [7, 11) is 0. The number of nitrogens with zero attached hydrogens (tertiary/aromatic N) is 1. The molecule has 2 N–H and O–H groups in total. The van der Waals surface area contributed by atoms with Gasteiger partial charge in [-0.25, -0.2) is 0 Å². The molecule has 1 unspecified atom stereocenters. The van der Waals surface area contributed by atoms with E-state index in [0.29, 0.717) is 19.0 Å². The third-order valence-corrected chi connectivity index (χ3v) is 4.82. The minimum atomic E-state index is -0.933. The van der Waals surface area contributed by atoms with Gasteiger partial charge in [0.15, 0.2) is 6.29 Å². The number of aliphatic hydroxyl groups is 1. The molecule has 0 fully saturated rings. The molecule has 3 rings (SSSR count). The lowest BCUT2D eigenvalue weighted by molar-refractivity contribution is -0.0928. The SMILES string of the molecule is CCCNCCCCOc1c(C)nc(Cc2ccccc2)c2c1C(O)OC2.Cl.Cl. The van der Waals surface area contributed by atoms with Crippen molar-refractivity contribution < 1.29 is 14.6 Å². The predicted octanol–water partition coefficient (Wildman–Crippen LogP) is 4.50. The Morgan fingerprint density at radius 3 is 2.66 bits per heavy atom. The van der Waals surface area contributed by atoms with Crippen molar-refractivity contribution in [3.63, 3.8) is 0 Å². The lowest BCUT2D eigenvalue weighted by Gasteiger charge is -2.17. The molecule has 0 saturated heterocycles. The Labute approximate surface area is 186 Å². The number of pyridine rings is 1. The summed E-state index contributed by atoms with van der Waals surface area (Å²) in [6, 6.07) is 10.2. The van der Waals surface area contributed by atoms with Crippen molar-refractivity contribution in [1.29, 1.82) is 0 Å². The van der Waals surface area contributed by atoms with E-state index in [0.717, 1.165) is 61.3 Å². The molecule has 1 atom stereocenters. The molecule has 1 aromatic heterocycles. The van der Waals surface area contributed by atoms with Gasteiger partial charge in [0, 0.05) is 12.0 Å². The Bertz CT molecular complexity index is 745. The lowest BCUT2D eigenvalue weighted by atomic mass is 10.0. The van der Waals surface area contributed by atoms with Crippen LogP contribution in [0.3, 0.4) is 0 Å². The molecule has 2 heterocycles. The second-order valence-electron chi connectivity index (χ2n) is 7.00. The van der Waals surface area contributed by atoms with Gasteiger partial charge < -0.3 is 19.9 Å². The smallest absolute Gasteiger partial charge is 0.185 e. The summed E-state index contributed by atoms with van der Waals surface area (Å²) in [6.07, 6.45) is 2.98. The highest BCUT2D eigenvalue weighted by molar-refractivity contribution is 5.85. The molecule has 29 heavy (non-hydrogen) atoms. The second kappa shape index (κ2) is 13.0. The van der Waals surface area contributed by atoms with Gasteiger partial charge in [-0.1, -0.05) is 37.3 Å². The number of hydrogen-bond donors (Lipinski definition) is 2. The molecule has 0 radical (unpaired) electrons. The van der Waals surface area contributed by atoms with Crippen LogP contribution in [0.2, 0.25) is 0 Å². The molecule has 2 aromatic rings. The molecule has 1 aliphatic rings. The molecule has 0 saturated carbocycles. The largest absolute Gasteiger partial charge is 0.491 e. The van der Waals surface area contributed by atoms with Crippen LogP contribution in [-0.2, 0) is 17.8 Å². The molecule has 1 aromatic carbocycles. The Morgan fingerprint density at radius 2 is 1.93 bits per heavy atom. The van der Waals surface area contributed by atoms with Crippen molar-refractivity contribution in [2.75, 3.05) is 19.7 Å². The highest BCUT2D eigenvalue weighted by atomic mass is 35.5. The fourth-order valence-electron chi connectivity index (χ4n) is 3.42. The quantitative estimate of drug-likeness (QED) is 0.530. The first-order valence-corrected chi connectivity index (χ1v) is 9.90. The maximum absolute atomic E-state index is 10.3. The van der Waals surface area contributed by atoms with Gasteiger partial charge in [-0.05, 0) is 44.8 Å². The van der Waals surface area contributed by atoms with Crippen molar-refractivity contribution in [2.45, 2.75) is 52.4 Å². The van der Waals surface area contributed by atoms with Crippen molar-refractivity contribution >= 4 is 24.8 Å². The van der Waals surface area contributed by atoms with E-state index >= 15 is 0 Å². The summed E-state index contributed by atoms with van der Waals surface area (Å²) < 4.78 is 11.5. The number of fused-ring (bicyclic) bond motifs is 1. The van der Waals surface area contributed by atoms with E-state index in [1.165, 1.54) is 5.56 Å². The summed E-state index contributed by atoms with van der Waals surface area (Å²) in [5, 5.41) is 13.7. The molecule has 0 amide bonds. The molecule has 1 aliphatic heterocycles. The van der Waals surface area contributed by atoms with E-state index in [2.05, 4.69) is 24.4 Å². The van der Waals surface area contributed by atoms with Crippen molar-refractivity contribution in [2.24, 2.45) is 0 Å². The summed E-state index contributed by atoms with van der Waals surface area (Å²) in [6.45, 7) is 7.17. The maximum Gasteiger partial charge on any atom is 0.185 e. The first kappa shape index (κ1) is 25.7. The van der Waals surface area contributed by atoms with Crippen molar-refractivity contribution in [1.82, 2.24) is 10.3 Å². The van der Waals surface area contributed by atoms with E-state index in [9.17, 15) is 5.11 Å². The van der Waals surface area contributed by atoms with Crippen LogP contribution in [-0.4, -0.2) is 29.8 Å². The average molecular weight is 443 g/mol. The average Bonchev–Trinajstić information content (AvgIpc) is 3.06. The van der Waals surface area contributed by atoms with E-state index < -0.39 is 6.29 Å². The highest BCUT2D eigenvalue weighted by Crippen LogP contribution is 2.39. The number of rotatable bonds is 10. The van der Waals surface area contributed by atoms with E-state index in [1.54, 1.807) is 0 Å². The van der Waals surface area contributed by atoms with Crippen LogP contribution in [0.1, 0.15) is 60.6 Å². The van der Waals surface area contributed by atoms with Gasteiger partial charge in [0.1, 0.15) is 5.75 Å². The zero-order valence-electron chi connectivity index (χ0n) is 17.1. The number of unbranched alkanes of at least 4 members (excludes halogenated alkanes) is 1. The summed E-state index contributed by atoms with van der Waals surface area (Å²) in [5.74, 6) is 0.688. The van der Waals surface area contributed by atoms with Crippen LogP contribution < -0.4 is 10.1 Å². The number of ether oxygens (including phenoxy) is 2. The van der Waals surface area contributed by atoms with Crippen LogP contribution >= 0.6 is 24.8 Å². The van der Waals surface area contributed by atoms with Crippen molar-refractivity contribution in [3.8, 4) is 5.75 Å². The number of halogens is 2. The standard InChI is InChI=1S/C22H30N2O3.2ClH/c1-3-11-23-12-7-8-13-26-21-16(2)24-19(14-17-9-5-4-6-10-17)18-15-27-22(25)20(18)21;;/h4-6,9-10,22-23,25H,3,7-8,11-15H2,1-2H3;2*1H. The predicted molar refractivity (Wildman–Crippen MR) is 120 cm³/mol. The fourth-order valence-corrected chi connectivity index (χ4v) is 3.42. The molecule has 7 heteroatoms. The molecule has 5 nitrogen and oxygen atoms in total. The number of hydrogen-bond acceptors (Lipinski definition) is 5. The fraction of sp³-hybridized carbons (Fsp3) is 0.500. The highest BCUT2D eigenvalue weighted by Gasteiger charge is 2.30. The minimum Gasteiger partial charge on any atom is -0.491 e. The van der Waals surface area contributed by atoms with E-state index in [-0.39, 0.29) is 24.8 Å². The Hall–Kier alpha value is -1.37. The van der Waals surface area contributed by atoms with Crippen molar-refractivity contribution in [3.05, 3.63) is 58.4 Å². The normalized spacial score (nSPS) is 14.7. The molecule has 0 aliphatic carbocycles. The summed E-state index contributed by atoms with van der Waals surface area (Å²) in [5.41, 5.74) is 4.70. The molecular formula is C22H32Cl2N2O3. The molecular weight excluding hydrogens is 411 g/mol. The van der Waals surface area contributed by atoms with Crippen LogP contribution in [0.25, 0.3) is 0 Å². The third-order valence-electron chi connectivity index (χ3n) is 4.82. The van der Waals surface area contributed by atoms with Crippen LogP contribution in [0.15, 0.2) is 30.3 Å². The summed E-state index contributed by atoms with van der Waals surface area (Å²) >= 11 is 0. The lowest BCUT2D eigenvalue weighted by Crippen LogP contribution is -2.16. The zero-order valence-corrected chi connectivity index (χ0v) is 18.8. The van der Waals surface area contributed by atoms with Crippen LogP contribution in [0.5, 0.6) is 5.75 Å². The van der Waals surface area contributed by atoms with Gasteiger partial charge in [0.25, 0.3) is 0 Å². The second-order valence-corrected chi connectivity index (χ2v) is 7.00. The number of benzene rings is 1. The van der Waals surface area contributed by atoms with E-state index in [4.69, 9.17) is 14.5 Å². The van der Waals surface area contributed by atoms with Gasteiger partial charge in [-0.3, -0.25) is 4.98 Å². The van der Waals surface area contributed by atoms with Crippen LogP contribution in [0, 0.1) is 6.92 Å². The zero-order chi connectivity index (χ0) is 19.1. The van der Waals surface area contributed by atoms with Gasteiger partial charge in [-0.15, -0.1) is 24.8 Å². The van der Waals surface area contributed by atoms with E-state index in [1.807, 2.05) is 25.1 Å².